The molecule has 0 saturated carbocycles. The molecule has 0 saturated heterocycles. The molecule has 0 aliphatic carbocycles. The lowest BCUT2D eigenvalue weighted by atomic mass is 10.1. The van der Waals surface area contributed by atoms with Gasteiger partial charge in [-0.1, -0.05) is 17.7 Å². The third kappa shape index (κ3) is 3.03. The van der Waals surface area contributed by atoms with E-state index in [-0.39, 0.29) is 12.1 Å². The van der Waals surface area contributed by atoms with Gasteiger partial charge in [-0.15, -0.1) is 0 Å². The maximum absolute atomic E-state index is 6.13. The SMILES string of the molecule is CC(Oc1cccc(Cl)c1)C(N)c1cnn(C)c1. The standard InChI is InChI=1S/C13H16ClN3O/c1-9(13(15)10-7-16-17(2)8-10)18-12-5-3-4-11(14)6-12/h3-9,13H,15H2,1-2H3. The number of rotatable bonds is 4. The molecule has 0 radical (unpaired) electrons. The maximum Gasteiger partial charge on any atom is 0.121 e. The largest absolute Gasteiger partial charge is 0.489 e. The lowest BCUT2D eigenvalue weighted by Crippen LogP contribution is -2.28. The fraction of sp³-hybridized carbons (Fsp3) is 0.308. The summed E-state index contributed by atoms with van der Waals surface area (Å²) >= 11 is 5.90. The summed E-state index contributed by atoms with van der Waals surface area (Å²) in [5, 5.41) is 4.75. The van der Waals surface area contributed by atoms with Crippen LogP contribution in [0.4, 0.5) is 0 Å². The van der Waals surface area contributed by atoms with Crippen molar-refractivity contribution in [3.05, 3.63) is 47.2 Å². The average Bonchev–Trinajstić information content (AvgIpc) is 2.75. The van der Waals surface area contributed by atoms with Gasteiger partial charge in [0.1, 0.15) is 11.9 Å². The normalized spacial score (nSPS) is 14.2. The van der Waals surface area contributed by atoms with Crippen molar-refractivity contribution >= 4 is 11.6 Å². The lowest BCUT2D eigenvalue weighted by Gasteiger charge is -2.20. The third-order valence-electron chi connectivity index (χ3n) is 2.73. The maximum atomic E-state index is 6.13. The van der Waals surface area contributed by atoms with Crippen LogP contribution in [0.5, 0.6) is 5.75 Å². The number of nitrogens with zero attached hydrogens (tertiary/aromatic N) is 2. The third-order valence-corrected chi connectivity index (χ3v) is 2.97. The van der Waals surface area contributed by atoms with Gasteiger partial charge in [-0.05, 0) is 25.1 Å². The first-order chi connectivity index (χ1) is 8.56. The first kappa shape index (κ1) is 12.9. The first-order valence-corrected chi connectivity index (χ1v) is 6.10. The molecule has 4 nitrogen and oxygen atoms in total. The highest BCUT2D eigenvalue weighted by Gasteiger charge is 2.18. The molecular formula is C13H16ClN3O. The molecule has 2 aromatic rings. The molecule has 0 bridgehead atoms. The minimum Gasteiger partial charge on any atom is -0.489 e. The van der Waals surface area contributed by atoms with Gasteiger partial charge in [0.25, 0.3) is 0 Å². The van der Waals surface area contributed by atoms with E-state index in [1.165, 1.54) is 0 Å². The number of aromatic nitrogens is 2. The molecule has 0 aliphatic rings. The van der Waals surface area contributed by atoms with Crippen molar-refractivity contribution in [1.82, 2.24) is 9.78 Å². The number of halogens is 1. The summed E-state index contributed by atoms with van der Waals surface area (Å²) in [6.07, 6.45) is 3.48. The lowest BCUT2D eigenvalue weighted by molar-refractivity contribution is 0.190. The minimum absolute atomic E-state index is 0.160. The molecule has 2 unspecified atom stereocenters. The predicted molar refractivity (Wildman–Crippen MR) is 71.7 cm³/mol. The van der Waals surface area contributed by atoms with Crippen molar-refractivity contribution in [2.24, 2.45) is 12.8 Å². The summed E-state index contributed by atoms with van der Waals surface area (Å²) in [6, 6.07) is 7.06. The number of benzene rings is 1. The molecule has 2 N–H and O–H groups in total. The molecule has 1 heterocycles. The van der Waals surface area contributed by atoms with Crippen LogP contribution in [0.3, 0.4) is 0 Å². The zero-order valence-corrected chi connectivity index (χ0v) is 11.1. The second-order valence-electron chi connectivity index (χ2n) is 4.25. The van der Waals surface area contributed by atoms with E-state index in [9.17, 15) is 0 Å². The van der Waals surface area contributed by atoms with E-state index in [2.05, 4.69) is 5.10 Å². The molecule has 5 heteroatoms. The highest BCUT2D eigenvalue weighted by molar-refractivity contribution is 6.30. The Labute approximate surface area is 111 Å². The Morgan fingerprint density at radius 1 is 1.44 bits per heavy atom. The Kier molecular flexibility index (Phi) is 3.89. The molecule has 0 aliphatic heterocycles. The molecule has 2 atom stereocenters. The van der Waals surface area contributed by atoms with Crippen molar-refractivity contribution in [3.8, 4) is 5.75 Å². The smallest absolute Gasteiger partial charge is 0.121 e. The minimum atomic E-state index is -0.224. The number of aryl methyl sites for hydroxylation is 1. The summed E-state index contributed by atoms with van der Waals surface area (Å²) in [5.74, 6) is 0.717. The van der Waals surface area contributed by atoms with Crippen molar-refractivity contribution in [1.29, 1.82) is 0 Å². The van der Waals surface area contributed by atoms with Crippen LogP contribution in [0.2, 0.25) is 5.02 Å². The van der Waals surface area contributed by atoms with Gasteiger partial charge in [-0.3, -0.25) is 4.68 Å². The molecule has 1 aromatic carbocycles. The zero-order chi connectivity index (χ0) is 13.1. The average molecular weight is 266 g/mol. The number of hydrogen-bond acceptors (Lipinski definition) is 3. The highest BCUT2D eigenvalue weighted by Crippen LogP contribution is 2.22. The zero-order valence-electron chi connectivity index (χ0n) is 10.4. The number of nitrogens with two attached hydrogens (primary N) is 1. The van der Waals surface area contributed by atoms with Crippen LogP contribution in [0.25, 0.3) is 0 Å². The summed E-state index contributed by atoms with van der Waals surface area (Å²) in [6.45, 7) is 1.93. The van der Waals surface area contributed by atoms with Gasteiger partial charge in [0.15, 0.2) is 0 Å². The van der Waals surface area contributed by atoms with Crippen LogP contribution in [-0.2, 0) is 7.05 Å². The van der Waals surface area contributed by atoms with Gasteiger partial charge in [-0.25, -0.2) is 0 Å². The molecule has 2 rings (SSSR count). The summed E-state index contributed by atoms with van der Waals surface area (Å²) in [5.41, 5.74) is 7.08. The molecular weight excluding hydrogens is 250 g/mol. The number of hydrogen-bond donors (Lipinski definition) is 1. The van der Waals surface area contributed by atoms with Crippen LogP contribution < -0.4 is 10.5 Å². The predicted octanol–water partition coefficient (Wildman–Crippen LogP) is 2.54. The van der Waals surface area contributed by atoms with Crippen LogP contribution in [-0.4, -0.2) is 15.9 Å². The summed E-state index contributed by atoms with van der Waals surface area (Å²) in [4.78, 5) is 0. The monoisotopic (exact) mass is 265 g/mol. The van der Waals surface area contributed by atoms with E-state index in [0.29, 0.717) is 10.8 Å². The van der Waals surface area contributed by atoms with E-state index in [1.807, 2.05) is 32.3 Å². The van der Waals surface area contributed by atoms with Crippen LogP contribution >= 0.6 is 11.6 Å². The quantitative estimate of drug-likeness (QED) is 0.924. The van der Waals surface area contributed by atoms with Crippen molar-refractivity contribution in [3.63, 3.8) is 0 Å². The van der Waals surface area contributed by atoms with Crippen LogP contribution in [0, 0.1) is 0 Å². The topological polar surface area (TPSA) is 53.1 Å². The van der Waals surface area contributed by atoms with Crippen molar-refractivity contribution < 1.29 is 4.74 Å². The van der Waals surface area contributed by atoms with E-state index < -0.39 is 0 Å². The van der Waals surface area contributed by atoms with Gasteiger partial charge < -0.3 is 10.5 Å². The molecule has 18 heavy (non-hydrogen) atoms. The van der Waals surface area contributed by atoms with Crippen molar-refractivity contribution in [2.75, 3.05) is 0 Å². The number of ether oxygens (including phenoxy) is 1. The molecule has 0 amide bonds. The fourth-order valence-electron chi connectivity index (χ4n) is 1.71. The van der Waals surface area contributed by atoms with Crippen LogP contribution in [0.1, 0.15) is 18.5 Å². The first-order valence-electron chi connectivity index (χ1n) is 5.72. The highest BCUT2D eigenvalue weighted by atomic mass is 35.5. The van der Waals surface area contributed by atoms with Gasteiger partial charge in [0.05, 0.1) is 12.2 Å². The van der Waals surface area contributed by atoms with Gasteiger partial charge >= 0.3 is 0 Å². The molecule has 96 valence electrons. The van der Waals surface area contributed by atoms with Gasteiger partial charge in [-0.2, -0.15) is 5.10 Å². The van der Waals surface area contributed by atoms with Crippen LogP contribution in [0.15, 0.2) is 36.7 Å². The Balaban J connectivity index is 2.05. The summed E-state index contributed by atoms with van der Waals surface area (Å²) < 4.78 is 7.50. The second-order valence-corrected chi connectivity index (χ2v) is 4.69. The second kappa shape index (κ2) is 5.42. The molecule has 0 fully saturated rings. The van der Waals surface area contributed by atoms with Crippen molar-refractivity contribution in [2.45, 2.75) is 19.1 Å². The Morgan fingerprint density at radius 3 is 2.83 bits per heavy atom. The van der Waals surface area contributed by atoms with E-state index >= 15 is 0 Å². The van der Waals surface area contributed by atoms with Gasteiger partial charge in [0.2, 0.25) is 0 Å². The van der Waals surface area contributed by atoms with E-state index in [4.69, 9.17) is 22.1 Å². The fourth-order valence-corrected chi connectivity index (χ4v) is 1.89. The Hall–Kier alpha value is -1.52. The Bertz CT molecular complexity index is 526. The molecule has 0 spiro atoms. The molecule has 1 aromatic heterocycles. The van der Waals surface area contributed by atoms with Gasteiger partial charge in [0, 0.05) is 23.8 Å². The summed E-state index contributed by atoms with van der Waals surface area (Å²) in [7, 11) is 1.86. The Morgan fingerprint density at radius 2 is 2.22 bits per heavy atom. The van der Waals surface area contributed by atoms with E-state index in [1.54, 1.807) is 23.0 Å². The van der Waals surface area contributed by atoms with E-state index in [0.717, 1.165) is 5.56 Å².